The lowest BCUT2D eigenvalue weighted by Gasteiger charge is -2.36. The molecule has 1 aromatic heterocycles. The molecule has 3 aromatic carbocycles. The number of thiocarbonyl (C=S) groups is 1. The number of halogens is 1. The molecule has 1 aliphatic heterocycles. The van der Waals surface area contributed by atoms with Gasteiger partial charge in [0.2, 0.25) is 11.0 Å². The SMILES string of the molecule is Cc1cccc(C)c1NC(=S)N=Nc1c(O)n(CN2CCN(c3ccccc3F)CC2)c2ccccc12. The zero-order valence-electron chi connectivity index (χ0n) is 20.9. The predicted molar refractivity (Wildman–Crippen MR) is 150 cm³/mol. The van der Waals surface area contributed by atoms with Gasteiger partial charge in [-0.2, -0.15) is 0 Å². The second-order valence-corrected chi connectivity index (χ2v) is 9.60. The van der Waals surface area contributed by atoms with Gasteiger partial charge in [-0.15, -0.1) is 10.2 Å². The van der Waals surface area contributed by atoms with Crippen LogP contribution in [0.5, 0.6) is 5.88 Å². The largest absolute Gasteiger partial charge is 0.493 e. The summed E-state index contributed by atoms with van der Waals surface area (Å²) in [5, 5.41) is 23.9. The first-order valence-corrected chi connectivity index (χ1v) is 12.6. The fourth-order valence-corrected chi connectivity index (χ4v) is 4.93. The maximum Gasteiger partial charge on any atom is 0.221 e. The topological polar surface area (TPSA) is 68.4 Å². The Hall–Kier alpha value is -3.82. The molecule has 0 aliphatic carbocycles. The number of hydrogen-bond donors (Lipinski definition) is 2. The first kappa shape index (κ1) is 24.9. The van der Waals surface area contributed by atoms with Crippen molar-refractivity contribution in [3.05, 3.63) is 83.7 Å². The Morgan fingerprint density at radius 2 is 1.62 bits per heavy atom. The minimum atomic E-state index is -0.204. The van der Waals surface area contributed by atoms with Gasteiger partial charge in [0, 0.05) is 37.3 Å². The number of anilines is 2. The lowest BCUT2D eigenvalue weighted by atomic mass is 10.1. The smallest absolute Gasteiger partial charge is 0.221 e. The van der Waals surface area contributed by atoms with Crippen LogP contribution in [0.1, 0.15) is 11.1 Å². The highest BCUT2D eigenvalue weighted by Crippen LogP contribution is 2.39. The molecule has 9 heteroatoms. The third kappa shape index (κ3) is 5.19. The second-order valence-electron chi connectivity index (χ2n) is 9.21. The van der Waals surface area contributed by atoms with Crippen molar-refractivity contribution in [1.29, 1.82) is 0 Å². The van der Waals surface area contributed by atoms with E-state index >= 15 is 0 Å². The number of nitrogens with one attached hydrogen (secondary N) is 1. The third-order valence-electron chi connectivity index (χ3n) is 6.78. The highest BCUT2D eigenvalue weighted by Gasteiger charge is 2.23. The van der Waals surface area contributed by atoms with Crippen LogP contribution in [0.15, 0.2) is 77.0 Å². The fraction of sp³-hybridized carbons (Fsp3) is 0.250. The number of aromatic nitrogens is 1. The Kier molecular flexibility index (Phi) is 7.16. The van der Waals surface area contributed by atoms with Crippen LogP contribution in [0, 0.1) is 19.7 Å². The van der Waals surface area contributed by atoms with Crippen LogP contribution in [0.4, 0.5) is 21.5 Å². The molecule has 1 fully saturated rings. The van der Waals surface area contributed by atoms with Crippen molar-refractivity contribution in [2.45, 2.75) is 20.5 Å². The Morgan fingerprint density at radius 3 is 2.35 bits per heavy atom. The van der Waals surface area contributed by atoms with Crippen molar-refractivity contribution in [3.63, 3.8) is 0 Å². The van der Waals surface area contributed by atoms with E-state index in [1.165, 1.54) is 6.07 Å². The summed E-state index contributed by atoms with van der Waals surface area (Å²) in [7, 11) is 0. The average molecular weight is 517 g/mol. The summed E-state index contributed by atoms with van der Waals surface area (Å²) < 4.78 is 16.1. The van der Waals surface area contributed by atoms with Gasteiger partial charge in [-0.25, -0.2) is 4.39 Å². The molecule has 1 aliphatic rings. The fourth-order valence-electron chi connectivity index (χ4n) is 4.79. The average Bonchev–Trinajstić information content (AvgIpc) is 3.16. The van der Waals surface area contributed by atoms with E-state index in [4.69, 9.17) is 12.2 Å². The van der Waals surface area contributed by atoms with Gasteiger partial charge in [0.15, 0.2) is 5.69 Å². The molecular formula is C28H29FN6OS. The first-order chi connectivity index (χ1) is 17.9. The predicted octanol–water partition coefficient (Wildman–Crippen LogP) is 6.36. The highest BCUT2D eigenvalue weighted by molar-refractivity contribution is 7.80. The summed E-state index contributed by atoms with van der Waals surface area (Å²) in [5.41, 5.74) is 4.90. The van der Waals surface area contributed by atoms with Crippen LogP contribution in [0.3, 0.4) is 0 Å². The number of fused-ring (bicyclic) bond motifs is 1. The standard InChI is InChI=1S/C28H29FN6OS/c1-19-8-7-9-20(2)25(19)30-28(37)32-31-26-21-10-3-5-12-23(21)35(27(26)36)18-33-14-16-34(17-15-33)24-13-6-4-11-22(24)29/h3-13,36H,14-18H2,1-2H3,(H,30,37). The molecule has 0 saturated carbocycles. The molecule has 2 N–H and O–H groups in total. The van der Waals surface area contributed by atoms with Crippen molar-refractivity contribution in [2.75, 3.05) is 36.4 Å². The van der Waals surface area contributed by atoms with E-state index in [1.54, 1.807) is 6.07 Å². The minimum Gasteiger partial charge on any atom is -0.493 e. The number of nitrogens with zero attached hydrogens (tertiary/aromatic N) is 5. The maximum atomic E-state index is 14.2. The van der Waals surface area contributed by atoms with Gasteiger partial charge < -0.3 is 15.3 Å². The monoisotopic (exact) mass is 516 g/mol. The van der Waals surface area contributed by atoms with E-state index in [0.717, 1.165) is 40.8 Å². The van der Waals surface area contributed by atoms with E-state index in [0.29, 0.717) is 31.1 Å². The summed E-state index contributed by atoms with van der Waals surface area (Å²) in [6.45, 7) is 7.37. The molecule has 5 rings (SSSR count). The quantitative estimate of drug-likeness (QED) is 0.239. The van der Waals surface area contributed by atoms with Crippen LogP contribution in [-0.2, 0) is 6.67 Å². The van der Waals surface area contributed by atoms with Gasteiger partial charge in [-0.3, -0.25) is 9.47 Å². The van der Waals surface area contributed by atoms with Gasteiger partial charge in [-0.1, -0.05) is 48.5 Å². The highest BCUT2D eigenvalue weighted by atomic mass is 32.1. The molecular weight excluding hydrogens is 487 g/mol. The van der Waals surface area contributed by atoms with Crippen molar-refractivity contribution < 1.29 is 9.50 Å². The molecule has 0 unspecified atom stereocenters. The lowest BCUT2D eigenvalue weighted by molar-refractivity contribution is 0.200. The Labute approximate surface area is 220 Å². The lowest BCUT2D eigenvalue weighted by Crippen LogP contribution is -2.47. The summed E-state index contributed by atoms with van der Waals surface area (Å²) in [5.74, 6) is -0.165. The zero-order chi connectivity index (χ0) is 25.9. The normalized spacial score (nSPS) is 14.5. The number of aryl methyl sites for hydroxylation is 2. The molecule has 2 heterocycles. The molecule has 37 heavy (non-hydrogen) atoms. The minimum absolute atomic E-state index is 0.0383. The Balaban J connectivity index is 1.33. The van der Waals surface area contributed by atoms with Gasteiger partial charge >= 0.3 is 0 Å². The number of para-hydroxylation sites is 3. The van der Waals surface area contributed by atoms with Crippen LogP contribution in [0.2, 0.25) is 0 Å². The van der Waals surface area contributed by atoms with Gasteiger partial charge in [-0.05, 0) is 55.4 Å². The van der Waals surface area contributed by atoms with E-state index in [-0.39, 0.29) is 16.8 Å². The second kappa shape index (κ2) is 10.7. The van der Waals surface area contributed by atoms with Gasteiger partial charge in [0.05, 0.1) is 17.9 Å². The van der Waals surface area contributed by atoms with E-state index in [9.17, 15) is 9.50 Å². The van der Waals surface area contributed by atoms with Crippen molar-refractivity contribution >= 4 is 45.3 Å². The maximum absolute atomic E-state index is 14.2. The van der Waals surface area contributed by atoms with Crippen molar-refractivity contribution in [2.24, 2.45) is 10.2 Å². The third-order valence-corrected chi connectivity index (χ3v) is 6.96. The van der Waals surface area contributed by atoms with Crippen LogP contribution in [0.25, 0.3) is 10.9 Å². The molecule has 0 radical (unpaired) electrons. The van der Waals surface area contributed by atoms with E-state index in [1.807, 2.05) is 73.0 Å². The van der Waals surface area contributed by atoms with E-state index in [2.05, 4.69) is 25.3 Å². The number of piperazine rings is 1. The number of rotatable bonds is 5. The molecule has 190 valence electrons. The Morgan fingerprint density at radius 1 is 0.946 bits per heavy atom. The summed E-state index contributed by atoms with van der Waals surface area (Å²) in [6.07, 6.45) is 0. The summed E-state index contributed by atoms with van der Waals surface area (Å²) >= 11 is 5.42. The van der Waals surface area contributed by atoms with Crippen LogP contribution < -0.4 is 10.2 Å². The van der Waals surface area contributed by atoms with E-state index < -0.39 is 0 Å². The molecule has 4 aromatic rings. The van der Waals surface area contributed by atoms with Crippen molar-refractivity contribution in [1.82, 2.24) is 9.47 Å². The van der Waals surface area contributed by atoms with Crippen LogP contribution >= 0.6 is 12.2 Å². The molecule has 0 bridgehead atoms. The van der Waals surface area contributed by atoms with Crippen LogP contribution in [-0.4, -0.2) is 45.9 Å². The molecule has 7 nitrogen and oxygen atoms in total. The molecule has 0 amide bonds. The first-order valence-electron chi connectivity index (χ1n) is 12.2. The van der Waals surface area contributed by atoms with Gasteiger partial charge in [0.1, 0.15) is 5.82 Å². The van der Waals surface area contributed by atoms with Gasteiger partial charge in [0.25, 0.3) is 0 Å². The number of benzene rings is 3. The number of hydrogen-bond acceptors (Lipinski definition) is 5. The zero-order valence-corrected chi connectivity index (χ0v) is 21.7. The summed E-state index contributed by atoms with van der Waals surface area (Å²) in [4.78, 5) is 4.29. The summed E-state index contributed by atoms with van der Waals surface area (Å²) in [6, 6.07) is 20.6. The van der Waals surface area contributed by atoms with Crippen molar-refractivity contribution in [3.8, 4) is 5.88 Å². The molecule has 0 spiro atoms. The Bertz CT molecular complexity index is 1450. The molecule has 1 saturated heterocycles. The molecule has 0 atom stereocenters. The number of aromatic hydroxyl groups is 1. The number of azo groups is 1.